The summed E-state index contributed by atoms with van der Waals surface area (Å²) in [4.78, 5) is 4.12. The van der Waals surface area contributed by atoms with Gasteiger partial charge in [0.1, 0.15) is 0 Å². The topological polar surface area (TPSA) is 60.2 Å². The van der Waals surface area contributed by atoms with Gasteiger partial charge in [0.05, 0.1) is 34.8 Å². The van der Waals surface area contributed by atoms with E-state index in [1.165, 1.54) is 12.3 Å². The highest BCUT2D eigenvalue weighted by Gasteiger charge is 2.31. The number of hydrogen-bond acceptors (Lipinski definition) is 4. The van der Waals surface area contributed by atoms with Gasteiger partial charge in [-0.25, -0.2) is 0 Å². The second-order valence-electron chi connectivity index (χ2n) is 5.87. The number of nitrogen functional groups attached to an aromatic ring is 1. The molecular formula is C16H18F3N3O. The van der Waals surface area contributed by atoms with Crippen LogP contribution in [0.4, 0.5) is 24.5 Å². The summed E-state index contributed by atoms with van der Waals surface area (Å²) in [6, 6.07) is 3.62. The minimum Gasteiger partial charge on any atom is -0.396 e. The highest BCUT2D eigenvalue weighted by Crippen LogP contribution is 2.35. The molecule has 1 aromatic heterocycles. The quantitative estimate of drug-likeness (QED) is 0.881. The molecule has 23 heavy (non-hydrogen) atoms. The first-order chi connectivity index (χ1) is 10.8. The summed E-state index contributed by atoms with van der Waals surface area (Å²) < 4.78 is 44.4. The molecule has 0 spiro atoms. The van der Waals surface area contributed by atoms with E-state index in [4.69, 9.17) is 10.5 Å². The zero-order valence-corrected chi connectivity index (χ0v) is 12.7. The van der Waals surface area contributed by atoms with E-state index in [0.717, 1.165) is 25.0 Å². The van der Waals surface area contributed by atoms with Gasteiger partial charge in [0, 0.05) is 18.0 Å². The van der Waals surface area contributed by atoms with Crippen LogP contribution in [0.25, 0.3) is 10.9 Å². The average molecular weight is 325 g/mol. The maximum Gasteiger partial charge on any atom is 0.416 e. The number of rotatable bonds is 2. The van der Waals surface area contributed by atoms with Crippen LogP contribution in [0.3, 0.4) is 0 Å². The first kappa shape index (κ1) is 15.9. The van der Waals surface area contributed by atoms with Crippen LogP contribution in [-0.4, -0.2) is 23.7 Å². The monoisotopic (exact) mass is 325 g/mol. The molecule has 1 aliphatic heterocycles. The number of alkyl halides is 3. The van der Waals surface area contributed by atoms with Gasteiger partial charge >= 0.3 is 6.18 Å². The Hall–Kier alpha value is -2.02. The van der Waals surface area contributed by atoms with Crippen molar-refractivity contribution in [2.24, 2.45) is 0 Å². The molecule has 1 aromatic carbocycles. The fourth-order valence-electron chi connectivity index (χ4n) is 2.88. The van der Waals surface area contributed by atoms with Gasteiger partial charge in [-0.1, -0.05) is 0 Å². The Morgan fingerprint density at radius 1 is 1.35 bits per heavy atom. The van der Waals surface area contributed by atoms with Gasteiger partial charge in [0.15, 0.2) is 0 Å². The summed E-state index contributed by atoms with van der Waals surface area (Å²) in [6.45, 7) is 2.60. The van der Waals surface area contributed by atoms with Crippen molar-refractivity contribution in [2.75, 3.05) is 17.7 Å². The minimum atomic E-state index is -4.40. The van der Waals surface area contributed by atoms with Gasteiger partial charge in [-0.3, -0.25) is 4.98 Å². The smallest absolute Gasteiger partial charge is 0.396 e. The number of halogens is 3. The van der Waals surface area contributed by atoms with Crippen LogP contribution in [0.2, 0.25) is 0 Å². The molecule has 0 aliphatic carbocycles. The number of pyridine rings is 1. The molecular weight excluding hydrogens is 307 g/mol. The Bertz CT molecular complexity index is 718. The lowest BCUT2D eigenvalue weighted by atomic mass is 10.0. The van der Waals surface area contributed by atoms with Gasteiger partial charge in [0.25, 0.3) is 0 Å². The molecule has 3 N–H and O–H groups in total. The predicted octanol–water partition coefficient (Wildman–Crippen LogP) is 3.82. The lowest BCUT2D eigenvalue weighted by Crippen LogP contribution is -2.32. The van der Waals surface area contributed by atoms with Crippen molar-refractivity contribution in [3.63, 3.8) is 0 Å². The number of benzene rings is 1. The maximum atomic E-state index is 13.0. The zero-order valence-electron chi connectivity index (χ0n) is 12.7. The molecule has 0 saturated carbocycles. The largest absolute Gasteiger partial charge is 0.416 e. The van der Waals surface area contributed by atoms with E-state index in [-0.39, 0.29) is 12.1 Å². The molecule has 2 aromatic rings. The van der Waals surface area contributed by atoms with Crippen molar-refractivity contribution in [1.82, 2.24) is 4.98 Å². The van der Waals surface area contributed by atoms with E-state index >= 15 is 0 Å². The average Bonchev–Trinajstić information content (AvgIpc) is 2.49. The molecule has 124 valence electrons. The second kappa shape index (κ2) is 5.88. The molecule has 0 radical (unpaired) electrons. The number of fused-ring (bicyclic) bond motifs is 1. The Morgan fingerprint density at radius 2 is 2.13 bits per heavy atom. The van der Waals surface area contributed by atoms with Crippen LogP contribution >= 0.6 is 0 Å². The number of nitrogens with two attached hydrogens (primary N) is 1. The Kier molecular flexibility index (Phi) is 4.06. The summed E-state index contributed by atoms with van der Waals surface area (Å²) in [6.07, 6.45) is -1.25. The molecule has 3 rings (SSSR count). The van der Waals surface area contributed by atoms with Crippen LogP contribution in [0.1, 0.15) is 25.3 Å². The summed E-state index contributed by atoms with van der Waals surface area (Å²) in [5.74, 6) is 0. The molecule has 7 heteroatoms. The Labute approximate surface area is 131 Å². The van der Waals surface area contributed by atoms with Crippen molar-refractivity contribution in [1.29, 1.82) is 0 Å². The maximum absolute atomic E-state index is 13.0. The second-order valence-corrected chi connectivity index (χ2v) is 5.87. The van der Waals surface area contributed by atoms with E-state index in [1.54, 1.807) is 0 Å². The van der Waals surface area contributed by atoms with Crippen molar-refractivity contribution < 1.29 is 17.9 Å². The predicted molar refractivity (Wildman–Crippen MR) is 83.2 cm³/mol. The third-order valence-electron chi connectivity index (χ3n) is 4.06. The normalized spacial score (nSPS) is 22.3. The lowest BCUT2D eigenvalue weighted by Gasteiger charge is -2.29. The summed E-state index contributed by atoms with van der Waals surface area (Å²) in [5, 5.41) is 3.68. The molecule has 0 unspecified atom stereocenters. The molecule has 0 bridgehead atoms. The van der Waals surface area contributed by atoms with Gasteiger partial charge in [-0.05, 0) is 38.0 Å². The van der Waals surface area contributed by atoms with Crippen LogP contribution < -0.4 is 11.1 Å². The molecule has 0 amide bonds. The Balaban J connectivity index is 2.01. The third-order valence-corrected chi connectivity index (χ3v) is 4.06. The first-order valence-corrected chi connectivity index (χ1v) is 7.48. The van der Waals surface area contributed by atoms with Crippen molar-refractivity contribution in [2.45, 2.75) is 38.1 Å². The zero-order chi connectivity index (χ0) is 16.6. The van der Waals surface area contributed by atoms with Crippen LogP contribution in [0.5, 0.6) is 0 Å². The summed E-state index contributed by atoms with van der Waals surface area (Å²) >= 11 is 0. The molecule has 1 fully saturated rings. The van der Waals surface area contributed by atoms with Gasteiger partial charge in [-0.2, -0.15) is 13.2 Å². The van der Waals surface area contributed by atoms with Crippen LogP contribution in [0.15, 0.2) is 24.4 Å². The first-order valence-electron chi connectivity index (χ1n) is 7.48. The number of aromatic nitrogens is 1. The number of nitrogens with one attached hydrogen (secondary N) is 1. The fraction of sp³-hybridized carbons (Fsp3) is 0.438. The van der Waals surface area contributed by atoms with E-state index < -0.39 is 11.7 Å². The van der Waals surface area contributed by atoms with Gasteiger partial charge in [0.2, 0.25) is 0 Å². The fourth-order valence-corrected chi connectivity index (χ4v) is 2.88. The van der Waals surface area contributed by atoms with E-state index in [0.29, 0.717) is 28.9 Å². The van der Waals surface area contributed by atoms with Crippen molar-refractivity contribution in [3.8, 4) is 0 Å². The number of hydrogen-bond donors (Lipinski definition) is 2. The van der Waals surface area contributed by atoms with E-state index in [1.807, 2.05) is 6.92 Å². The minimum absolute atomic E-state index is 0.112. The molecule has 1 saturated heterocycles. The SMILES string of the molecule is C[C@@H]1C[C@H](Nc2c(N)cnc3ccc(C(F)(F)F)cc23)CCO1. The van der Waals surface area contributed by atoms with Crippen molar-refractivity contribution >= 4 is 22.3 Å². The number of ether oxygens (including phenoxy) is 1. The van der Waals surface area contributed by atoms with Crippen molar-refractivity contribution in [3.05, 3.63) is 30.0 Å². The standard InChI is InChI=1S/C16H18F3N3O/c1-9-6-11(4-5-23-9)22-15-12-7-10(16(17,18)19)2-3-14(12)21-8-13(15)20/h2-3,7-9,11H,4-6,20H2,1H3,(H,21,22)/t9-,11-/m1/s1. The molecule has 4 nitrogen and oxygen atoms in total. The highest BCUT2D eigenvalue weighted by atomic mass is 19.4. The number of anilines is 2. The molecule has 2 heterocycles. The van der Waals surface area contributed by atoms with E-state index in [2.05, 4.69) is 10.3 Å². The lowest BCUT2D eigenvalue weighted by molar-refractivity contribution is -0.137. The molecule has 2 atom stereocenters. The van der Waals surface area contributed by atoms with E-state index in [9.17, 15) is 13.2 Å². The van der Waals surface area contributed by atoms with Gasteiger partial charge < -0.3 is 15.8 Å². The third kappa shape index (κ3) is 3.34. The molecule has 1 aliphatic rings. The summed E-state index contributed by atoms with van der Waals surface area (Å²) in [7, 11) is 0. The Morgan fingerprint density at radius 3 is 2.83 bits per heavy atom. The van der Waals surface area contributed by atoms with Crippen LogP contribution in [0, 0.1) is 0 Å². The summed E-state index contributed by atoms with van der Waals surface area (Å²) in [5.41, 5.74) is 6.59. The van der Waals surface area contributed by atoms with Gasteiger partial charge in [-0.15, -0.1) is 0 Å². The number of nitrogens with zero attached hydrogens (tertiary/aromatic N) is 1. The highest BCUT2D eigenvalue weighted by molar-refractivity contribution is 5.97. The van der Waals surface area contributed by atoms with Crippen LogP contribution in [-0.2, 0) is 10.9 Å².